The number of halogens is 3. The average molecular weight is 483 g/mol. The van der Waals surface area contributed by atoms with Crippen LogP contribution in [0.3, 0.4) is 0 Å². The lowest BCUT2D eigenvalue weighted by Gasteiger charge is -2.19. The standard InChI is InChI=1S/C26H33F3O5/c1-25(33,14-12-18-8-7-9-19(16-18)26(27,28)29)15-13-21-20(22(30)17-23(21)31)10-5-3-4-6-11-24(32)34-2/h7-9,16,20-21,23,31,33H,3-6,10-12,14,17H2,1-2H3. The monoisotopic (exact) mass is 482 g/mol. The molecule has 1 saturated carbocycles. The van der Waals surface area contributed by atoms with Crippen molar-refractivity contribution in [2.45, 2.75) is 82.6 Å². The SMILES string of the molecule is COC(=O)CCCCCCC1C(=O)CC(O)C1C#CC(C)(O)CCc1cccc(C(F)(F)F)c1. The van der Waals surface area contributed by atoms with Gasteiger partial charge in [-0.25, -0.2) is 0 Å². The number of carbonyl (C=O) groups excluding carboxylic acids is 2. The van der Waals surface area contributed by atoms with Gasteiger partial charge in [0.2, 0.25) is 0 Å². The molecule has 1 fully saturated rings. The molecule has 4 atom stereocenters. The Hall–Kier alpha value is -2.37. The highest BCUT2D eigenvalue weighted by Crippen LogP contribution is 2.33. The second-order valence-corrected chi connectivity index (χ2v) is 9.14. The predicted octanol–water partition coefficient (Wildman–Crippen LogP) is 4.47. The molecule has 1 aromatic rings. The Kier molecular flexibility index (Phi) is 10.1. The fourth-order valence-corrected chi connectivity index (χ4v) is 4.17. The normalized spacial score (nSPS) is 22.1. The molecule has 0 aromatic heterocycles. The van der Waals surface area contributed by atoms with E-state index in [1.807, 2.05) is 0 Å². The minimum absolute atomic E-state index is 0.0265. The van der Waals surface area contributed by atoms with Crippen molar-refractivity contribution in [3.05, 3.63) is 35.4 Å². The van der Waals surface area contributed by atoms with Crippen molar-refractivity contribution in [3.8, 4) is 11.8 Å². The van der Waals surface area contributed by atoms with E-state index in [1.54, 1.807) is 6.07 Å². The first kappa shape index (κ1) is 27.9. The van der Waals surface area contributed by atoms with Gasteiger partial charge in [-0.15, -0.1) is 0 Å². The molecule has 0 bridgehead atoms. The Bertz CT molecular complexity index is 898. The van der Waals surface area contributed by atoms with Gasteiger partial charge in [0.1, 0.15) is 11.4 Å². The average Bonchev–Trinajstić information content (AvgIpc) is 3.05. The zero-order chi connectivity index (χ0) is 25.4. The lowest BCUT2D eigenvalue weighted by Crippen LogP contribution is -2.25. The number of rotatable bonds is 10. The largest absolute Gasteiger partial charge is 0.469 e. The smallest absolute Gasteiger partial charge is 0.416 e. The minimum Gasteiger partial charge on any atom is -0.469 e. The van der Waals surface area contributed by atoms with Gasteiger partial charge < -0.3 is 14.9 Å². The molecular formula is C26H33F3O5. The van der Waals surface area contributed by atoms with E-state index in [9.17, 15) is 33.0 Å². The molecule has 8 heteroatoms. The summed E-state index contributed by atoms with van der Waals surface area (Å²) in [6, 6.07) is 4.96. The van der Waals surface area contributed by atoms with Crippen LogP contribution in [0.15, 0.2) is 24.3 Å². The van der Waals surface area contributed by atoms with Crippen molar-refractivity contribution in [2.24, 2.45) is 11.8 Å². The maximum Gasteiger partial charge on any atom is 0.416 e. The summed E-state index contributed by atoms with van der Waals surface area (Å²) in [5.74, 6) is 4.34. The molecule has 5 nitrogen and oxygen atoms in total. The summed E-state index contributed by atoms with van der Waals surface area (Å²) in [7, 11) is 1.35. The zero-order valence-electron chi connectivity index (χ0n) is 19.7. The Balaban J connectivity index is 1.91. The van der Waals surface area contributed by atoms with Crippen LogP contribution in [0.4, 0.5) is 13.2 Å². The van der Waals surface area contributed by atoms with E-state index in [0.717, 1.165) is 31.4 Å². The van der Waals surface area contributed by atoms with Crippen LogP contribution >= 0.6 is 0 Å². The Morgan fingerprint density at radius 1 is 1.21 bits per heavy atom. The van der Waals surface area contributed by atoms with E-state index >= 15 is 0 Å². The first-order chi connectivity index (χ1) is 15.9. The van der Waals surface area contributed by atoms with E-state index in [0.29, 0.717) is 24.8 Å². The molecule has 4 unspecified atom stereocenters. The molecule has 0 saturated heterocycles. The number of esters is 1. The number of hydrogen-bond donors (Lipinski definition) is 2. The van der Waals surface area contributed by atoms with Gasteiger partial charge in [-0.2, -0.15) is 13.2 Å². The van der Waals surface area contributed by atoms with Crippen LogP contribution in [0.25, 0.3) is 0 Å². The molecule has 0 heterocycles. The van der Waals surface area contributed by atoms with Crippen LogP contribution in [0.5, 0.6) is 0 Å². The van der Waals surface area contributed by atoms with E-state index in [4.69, 9.17) is 0 Å². The van der Waals surface area contributed by atoms with Gasteiger partial charge in [0.25, 0.3) is 0 Å². The summed E-state index contributed by atoms with van der Waals surface area (Å²) < 4.78 is 43.3. The molecule has 0 amide bonds. The minimum atomic E-state index is -4.43. The van der Waals surface area contributed by atoms with Crippen molar-refractivity contribution in [1.82, 2.24) is 0 Å². The van der Waals surface area contributed by atoms with E-state index < -0.39 is 35.3 Å². The van der Waals surface area contributed by atoms with Gasteiger partial charge in [-0.1, -0.05) is 49.3 Å². The fraction of sp³-hybridized carbons (Fsp3) is 0.615. The number of ether oxygens (including phenoxy) is 1. The van der Waals surface area contributed by atoms with Gasteiger partial charge >= 0.3 is 12.1 Å². The second-order valence-electron chi connectivity index (χ2n) is 9.14. The molecule has 1 aromatic carbocycles. The fourth-order valence-electron chi connectivity index (χ4n) is 4.17. The second kappa shape index (κ2) is 12.4. The lowest BCUT2D eigenvalue weighted by molar-refractivity contribution is -0.140. The number of unbranched alkanes of at least 4 members (excludes halogenated alkanes) is 3. The Morgan fingerprint density at radius 2 is 1.91 bits per heavy atom. The molecule has 0 spiro atoms. The van der Waals surface area contributed by atoms with Gasteiger partial charge in [-0.3, -0.25) is 9.59 Å². The number of Topliss-reactive ketones (excluding diaryl/α,β-unsaturated/α-hetero) is 1. The highest BCUT2D eigenvalue weighted by Gasteiger charge is 2.40. The third kappa shape index (κ3) is 8.77. The van der Waals surface area contributed by atoms with Crippen LogP contribution in [-0.2, 0) is 26.9 Å². The first-order valence-corrected chi connectivity index (χ1v) is 11.6. The zero-order valence-corrected chi connectivity index (χ0v) is 19.7. The molecular weight excluding hydrogens is 449 g/mol. The maximum absolute atomic E-state index is 12.9. The van der Waals surface area contributed by atoms with Gasteiger partial charge in [0.05, 0.1) is 24.7 Å². The summed E-state index contributed by atoms with van der Waals surface area (Å²) >= 11 is 0. The van der Waals surface area contributed by atoms with Crippen molar-refractivity contribution in [1.29, 1.82) is 0 Å². The third-order valence-corrected chi connectivity index (χ3v) is 6.21. The van der Waals surface area contributed by atoms with Crippen LogP contribution in [0, 0.1) is 23.7 Å². The lowest BCUT2D eigenvalue weighted by atomic mass is 9.88. The number of ketones is 1. The summed E-state index contributed by atoms with van der Waals surface area (Å²) in [4.78, 5) is 23.5. The summed E-state index contributed by atoms with van der Waals surface area (Å²) in [6.07, 6.45) is -0.913. The summed E-state index contributed by atoms with van der Waals surface area (Å²) in [5, 5.41) is 20.9. The molecule has 0 radical (unpaired) electrons. The number of aliphatic hydroxyl groups is 2. The first-order valence-electron chi connectivity index (χ1n) is 11.6. The van der Waals surface area contributed by atoms with E-state index in [1.165, 1.54) is 20.1 Å². The molecule has 2 N–H and O–H groups in total. The van der Waals surface area contributed by atoms with Gasteiger partial charge in [0.15, 0.2) is 0 Å². The molecule has 2 rings (SSSR count). The van der Waals surface area contributed by atoms with E-state index in [2.05, 4.69) is 16.6 Å². The van der Waals surface area contributed by atoms with Crippen molar-refractivity contribution < 1.29 is 37.7 Å². The quantitative estimate of drug-likeness (QED) is 0.292. The topological polar surface area (TPSA) is 83.8 Å². The third-order valence-electron chi connectivity index (χ3n) is 6.21. The number of benzene rings is 1. The molecule has 0 aliphatic heterocycles. The molecule has 188 valence electrons. The predicted molar refractivity (Wildman–Crippen MR) is 120 cm³/mol. The van der Waals surface area contributed by atoms with Gasteiger partial charge in [-0.05, 0) is 44.2 Å². The van der Waals surface area contributed by atoms with Crippen LogP contribution in [0.2, 0.25) is 0 Å². The molecule has 1 aliphatic rings. The number of alkyl halides is 3. The number of carbonyl (C=O) groups is 2. The van der Waals surface area contributed by atoms with Crippen LogP contribution in [-0.4, -0.2) is 40.8 Å². The summed E-state index contributed by atoms with van der Waals surface area (Å²) in [6.45, 7) is 1.48. The maximum atomic E-state index is 12.9. The highest BCUT2D eigenvalue weighted by molar-refractivity contribution is 5.85. The van der Waals surface area contributed by atoms with Crippen LogP contribution < -0.4 is 0 Å². The van der Waals surface area contributed by atoms with E-state index in [-0.39, 0.29) is 31.0 Å². The van der Waals surface area contributed by atoms with Crippen molar-refractivity contribution in [2.75, 3.05) is 7.11 Å². The molecule has 34 heavy (non-hydrogen) atoms. The Labute approximate surface area is 198 Å². The Morgan fingerprint density at radius 3 is 2.59 bits per heavy atom. The summed E-state index contributed by atoms with van der Waals surface area (Å²) in [5.41, 5.74) is -1.77. The number of hydrogen-bond acceptors (Lipinski definition) is 5. The number of aliphatic hydroxyl groups excluding tert-OH is 1. The van der Waals surface area contributed by atoms with Gasteiger partial charge in [0, 0.05) is 18.8 Å². The highest BCUT2D eigenvalue weighted by atomic mass is 19.4. The number of aryl methyl sites for hydroxylation is 1. The van der Waals surface area contributed by atoms with Crippen LogP contribution in [0.1, 0.15) is 69.4 Å². The van der Waals surface area contributed by atoms with Crippen molar-refractivity contribution >= 4 is 11.8 Å². The molecule has 1 aliphatic carbocycles. The number of methoxy groups -OCH3 is 1. The van der Waals surface area contributed by atoms with Crippen molar-refractivity contribution in [3.63, 3.8) is 0 Å².